The normalized spacial score (nSPS) is 21.3. The highest BCUT2D eigenvalue weighted by atomic mass is 79.9. The van der Waals surface area contributed by atoms with Crippen LogP contribution in [0, 0.1) is 5.92 Å². The van der Waals surface area contributed by atoms with E-state index < -0.39 is 0 Å². The fourth-order valence-electron chi connectivity index (χ4n) is 3.17. The zero-order chi connectivity index (χ0) is 13.8. The van der Waals surface area contributed by atoms with Crippen molar-refractivity contribution in [1.82, 2.24) is 4.90 Å². The summed E-state index contributed by atoms with van der Waals surface area (Å²) < 4.78 is 1.18. The Morgan fingerprint density at radius 3 is 2.47 bits per heavy atom. The third-order valence-electron chi connectivity index (χ3n) is 4.34. The van der Waals surface area contributed by atoms with Gasteiger partial charge in [-0.15, -0.1) is 0 Å². The van der Waals surface area contributed by atoms with Crippen LogP contribution in [-0.2, 0) is 0 Å². The topological polar surface area (TPSA) is 29.3 Å². The highest BCUT2D eigenvalue weighted by Crippen LogP contribution is 2.33. The number of benzene rings is 1. The van der Waals surface area contributed by atoms with E-state index in [0.29, 0.717) is 6.04 Å². The molecule has 19 heavy (non-hydrogen) atoms. The number of nitrogens with zero attached hydrogens (tertiary/aromatic N) is 1. The zero-order valence-corrected chi connectivity index (χ0v) is 13.6. The Hall–Kier alpha value is -0.380. The molecule has 3 heteroatoms. The van der Waals surface area contributed by atoms with Crippen LogP contribution in [0.25, 0.3) is 0 Å². The molecule has 0 saturated carbocycles. The Labute approximate surface area is 125 Å². The van der Waals surface area contributed by atoms with E-state index in [-0.39, 0.29) is 6.04 Å². The Morgan fingerprint density at radius 1 is 1.32 bits per heavy atom. The summed E-state index contributed by atoms with van der Waals surface area (Å²) in [5.41, 5.74) is 7.60. The van der Waals surface area contributed by atoms with Crippen LogP contribution < -0.4 is 5.73 Å². The van der Waals surface area contributed by atoms with Crippen molar-refractivity contribution < 1.29 is 0 Å². The molecule has 2 unspecified atom stereocenters. The van der Waals surface area contributed by atoms with Crippen molar-refractivity contribution in [2.24, 2.45) is 11.7 Å². The summed E-state index contributed by atoms with van der Waals surface area (Å²) in [6.45, 7) is 6.77. The summed E-state index contributed by atoms with van der Waals surface area (Å²) in [5, 5.41) is 0. The van der Waals surface area contributed by atoms with Gasteiger partial charge >= 0.3 is 0 Å². The van der Waals surface area contributed by atoms with E-state index >= 15 is 0 Å². The van der Waals surface area contributed by atoms with Gasteiger partial charge in [-0.05, 0) is 50.4 Å². The van der Waals surface area contributed by atoms with E-state index in [0.717, 1.165) is 5.92 Å². The first kappa shape index (κ1) is 15.0. The third-order valence-corrected chi connectivity index (χ3v) is 5.06. The van der Waals surface area contributed by atoms with E-state index in [1.54, 1.807) is 0 Å². The van der Waals surface area contributed by atoms with E-state index in [4.69, 9.17) is 5.73 Å². The molecule has 1 aliphatic rings. The van der Waals surface area contributed by atoms with Crippen molar-refractivity contribution >= 4 is 15.9 Å². The first-order chi connectivity index (χ1) is 9.13. The molecule has 2 N–H and O–H groups in total. The van der Waals surface area contributed by atoms with Crippen molar-refractivity contribution in [3.8, 4) is 0 Å². The van der Waals surface area contributed by atoms with Gasteiger partial charge in [-0.2, -0.15) is 0 Å². The predicted molar refractivity (Wildman–Crippen MR) is 85.1 cm³/mol. The zero-order valence-electron chi connectivity index (χ0n) is 12.0. The lowest BCUT2D eigenvalue weighted by atomic mass is 9.91. The van der Waals surface area contributed by atoms with Gasteiger partial charge in [-0.25, -0.2) is 0 Å². The molecule has 1 aliphatic heterocycles. The fraction of sp³-hybridized carbons (Fsp3) is 0.625. The SMILES string of the molecule is CCC1CCN(C(c2ccccc2Br)C(C)N)CC1. The van der Waals surface area contributed by atoms with Gasteiger partial charge in [0.2, 0.25) is 0 Å². The molecule has 0 radical (unpaired) electrons. The first-order valence-electron chi connectivity index (χ1n) is 7.37. The van der Waals surface area contributed by atoms with Crippen LogP contribution in [0.1, 0.15) is 44.7 Å². The summed E-state index contributed by atoms with van der Waals surface area (Å²) in [6, 6.07) is 8.96. The number of piperidine rings is 1. The molecule has 1 aromatic rings. The highest BCUT2D eigenvalue weighted by Gasteiger charge is 2.28. The molecule has 106 valence electrons. The second kappa shape index (κ2) is 6.87. The number of hydrogen-bond donors (Lipinski definition) is 1. The van der Waals surface area contributed by atoms with Crippen LogP contribution in [0.4, 0.5) is 0 Å². The molecule has 1 aromatic carbocycles. The molecule has 0 amide bonds. The molecular formula is C16H25BrN2. The minimum Gasteiger partial charge on any atom is -0.326 e. The van der Waals surface area contributed by atoms with Crippen LogP contribution in [0.2, 0.25) is 0 Å². The standard InChI is InChI=1S/C16H25BrN2/c1-3-13-8-10-19(11-9-13)16(12(2)18)14-6-4-5-7-15(14)17/h4-7,12-13,16H,3,8-11,18H2,1-2H3. The Bertz CT molecular complexity index is 397. The Kier molecular flexibility index (Phi) is 5.43. The van der Waals surface area contributed by atoms with Gasteiger partial charge in [-0.3, -0.25) is 4.90 Å². The lowest BCUT2D eigenvalue weighted by Crippen LogP contribution is -2.43. The van der Waals surface area contributed by atoms with E-state index in [2.05, 4.69) is 58.9 Å². The average Bonchev–Trinajstić information content (AvgIpc) is 2.42. The van der Waals surface area contributed by atoms with Crippen molar-refractivity contribution in [3.63, 3.8) is 0 Å². The highest BCUT2D eigenvalue weighted by molar-refractivity contribution is 9.10. The van der Waals surface area contributed by atoms with E-state index in [1.807, 2.05) is 0 Å². The first-order valence-corrected chi connectivity index (χ1v) is 8.16. The number of nitrogens with two attached hydrogens (primary N) is 1. The smallest absolute Gasteiger partial charge is 0.0507 e. The molecule has 0 aliphatic carbocycles. The van der Waals surface area contributed by atoms with Gasteiger partial charge in [-0.1, -0.05) is 47.5 Å². The number of hydrogen-bond acceptors (Lipinski definition) is 2. The van der Waals surface area contributed by atoms with E-state index in [1.165, 1.54) is 42.4 Å². The predicted octanol–water partition coefficient (Wildman–Crippen LogP) is 3.96. The van der Waals surface area contributed by atoms with Gasteiger partial charge in [0.1, 0.15) is 0 Å². The third kappa shape index (κ3) is 3.59. The molecule has 2 rings (SSSR count). The quantitative estimate of drug-likeness (QED) is 0.908. The van der Waals surface area contributed by atoms with Crippen molar-refractivity contribution in [2.45, 2.75) is 45.2 Å². The van der Waals surface area contributed by atoms with Gasteiger partial charge in [0, 0.05) is 10.5 Å². The Balaban J connectivity index is 2.16. The average molecular weight is 325 g/mol. The molecular weight excluding hydrogens is 300 g/mol. The minimum absolute atomic E-state index is 0.150. The maximum absolute atomic E-state index is 6.27. The van der Waals surface area contributed by atoms with Crippen LogP contribution in [-0.4, -0.2) is 24.0 Å². The van der Waals surface area contributed by atoms with Gasteiger partial charge in [0.15, 0.2) is 0 Å². The second-order valence-electron chi connectivity index (χ2n) is 5.71. The maximum atomic E-state index is 6.27. The fourth-order valence-corrected chi connectivity index (χ4v) is 3.69. The van der Waals surface area contributed by atoms with Crippen molar-refractivity contribution in [3.05, 3.63) is 34.3 Å². The molecule has 2 nitrogen and oxygen atoms in total. The number of halogens is 1. The van der Waals surface area contributed by atoms with Crippen LogP contribution >= 0.6 is 15.9 Å². The molecule has 0 spiro atoms. The van der Waals surface area contributed by atoms with E-state index in [9.17, 15) is 0 Å². The lowest BCUT2D eigenvalue weighted by molar-refractivity contribution is 0.117. The largest absolute Gasteiger partial charge is 0.326 e. The summed E-state index contributed by atoms with van der Waals surface area (Å²) in [7, 11) is 0. The molecule has 1 heterocycles. The molecule has 0 bridgehead atoms. The Morgan fingerprint density at radius 2 is 1.95 bits per heavy atom. The maximum Gasteiger partial charge on any atom is 0.0507 e. The molecule has 2 atom stereocenters. The van der Waals surface area contributed by atoms with Gasteiger partial charge < -0.3 is 5.73 Å². The molecule has 0 aromatic heterocycles. The van der Waals surface area contributed by atoms with Crippen LogP contribution in [0.5, 0.6) is 0 Å². The monoisotopic (exact) mass is 324 g/mol. The molecule has 1 fully saturated rings. The van der Waals surface area contributed by atoms with Crippen molar-refractivity contribution in [1.29, 1.82) is 0 Å². The summed E-state index contributed by atoms with van der Waals surface area (Å²) in [5.74, 6) is 0.907. The van der Waals surface area contributed by atoms with Crippen molar-refractivity contribution in [2.75, 3.05) is 13.1 Å². The summed E-state index contributed by atoms with van der Waals surface area (Å²) in [4.78, 5) is 2.57. The lowest BCUT2D eigenvalue weighted by Gasteiger charge is -2.39. The van der Waals surface area contributed by atoms with Crippen LogP contribution in [0.3, 0.4) is 0 Å². The van der Waals surface area contributed by atoms with Gasteiger partial charge in [0.05, 0.1) is 6.04 Å². The van der Waals surface area contributed by atoms with Gasteiger partial charge in [0.25, 0.3) is 0 Å². The van der Waals surface area contributed by atoms with Crippen LogP contribution in [0.15, 0.2) is 28.7 Å². The second-order valence-corrected chi connectivity index (χ2v) is 6.57. The molecule has 1 saturated heterocycles. The minimum atomic E-state index is 0.150. The number of likely N-dealkylation sites (tertiary alicyclic amines) is 1. The summed E-state index contributed by atoms with van der Waals surface area (Å²) >= 11 is 3.68. The summed E-state index contributed by atoms with van der Waals surface area (Å²) in [6.07, 6.45) is 3.93. The number of rotatable bonds is 4.